The van der Waals surface area contributed by atoms with Crippen LogP contribution in [0.15, 0.2) is 27.8 Å². The van der Waals surface area contributed by atoms with Gasteiger partial charge < -0.3 is 4.74 Å². The summed E-state index contributed by atoms with van der Waals surface area (Å²) in [7, 11) is 0. The number of halogens is 1. The summed E-state index contributed by atoms with van der Waals surface area (Å²) < 4.78 is 6.35. The average Bonchev–Trinajstić information content (AvgIpc) is 2.21. The minimum atomic E-state index is -0.778. The summed E-state index contributed by atoms with van der Waals surface area (Å²) in [6, 6.07) is 4.88. The molecule has 0 aliphatic heterocycles. The second-order valence-electron chi connectivity index (χ2n) is 3.74. The van der Waals surface area contributed by atoms with Gasteiger partial charge in [0.05, 0.1) is 6.10 Å². The lowest BCUT2D eigenvalue weighted by Crippen LogP contribution is -2.24. The average molecular weight is 284 g/mol. The van der Waals surface area contributed by atoms with Crippen LogP contribution in [0, 0.1) is 4.91 Å². The summed E-state index contributed by atoms with van der Waals surface area (Å²) in [4.78, 5) is 21.3. The zero-order valence-electron chi connectivity index (χ0n) is 8.48. The molecule has 0 bridgehead atoms. The lowest BCUT2D eigenvalue weighted by atomic mass is 9.96. The number of hydrogen-bond acceptors (Lipinski definition) is 3. The molecule has 0 radical (unpaired) electrons. The molecule has 1 amide bonds. The highest BCUT2D eigenvalue weighted by atomic mass is 79.9. The SMILES string of the molecule is O=NC(=O)c1cc(Br)cc(OC2CCC2)c1. The van der Waals surface area contributed by atoms with Gasteiger partial charge in [-0.1, -0.05) is 15.9 Å². The van der Waals surface area contributed by atoms with Crippen LogP contribution in [0.2, 0.25) is 0 Å². The van der Waals surface area contributed by atoms with Crippen LogP contribution in [0.3, 0.4) is 0 Å². The number of carbonyl (C=O) groups excluding carboxylic acids is 1. The monoisotopic (exact) mass is 283 g/mol. The van der Waals surface area contributed by atoms with Crippen molar-refractivity contribution >= 4 is 21.8 Å². The molecule has 2 rings (SSSR count). The normalized spacial score (nSPS) is 15.3. The Morgan fingerprint density at radius 3 is 2.69 bits per heavy atom. The molecule has 84 valence electrons. The number of amides is 1. The van der Waals surface area contributed by atoms with Crippen molar-refractivity contribution in [1.82, 2.24) is 0 Å². The third-order valence-electron chi connectivity index (χ3n) is 2.56. The minimum Gasteiger partial charge on any atom is -0.490 e. The van der Waals surface area contributed by atoms with E-state index in [1.165, 1.54) is 6.42 Å². The van der Waals surface area contributed by atoms with E-state index in [1.807, 2.05) is 0 Å². The molecule has 0 atom stereocenters. The van der Waals surface area contributed by atoms with Gasteiger partial charge in [-0.05, 0) is 37.5 Å². The Morgan fingerprint density at radius 2 is 2.12 bits per heavy atom. The molecule has 1 aliphatic carbocycles. The van der Waals surface area contributed by atoms with E-state index < -0.39 is 5.91 Å². The second kappa shape index (κ2) is 4.74. The zero-order chi connectivity index (χ0) is 11.5. The van der Waals surface area contributed by atoms with E-state index >= 15 is 0 Å². The summed E-state index contributed by atoms with van der Waals surface area (Å²) in [6.45, 7) is 0. The van der Waals surface area contributed by atoms with E-state index in [9.17, 15) is 9.70 Å². The van der Waals surface area contributed by atoms with Crippen LogP contribution in [0.5, 0.6) is 5.75 Å². The minimum absolute atomic E-state index is 0.237. The van der Waals surface area contributed by atoms with E-state index in [4.69, 9.17) is 4.74 Å². The molecule has 1 saturated carbocycles. The molecule has 1 aliphatic rings. The molecule has 1 fully saturated rings. The van der Waals surface area contributed by atoms with Gasteiger partial charge in [0.25, 0.3) is 0 Å². The number of hydrogen-bond donors (Lipinski definition) is 0. The predicted molar refractivity (Wildman–Crippen MR) is 62.5 cm³/mol. The highest BCUT2D eigenvalue weighted by molar-refractivity contribution is 9.10. The molecule has 1 aromatic carbocycles. The van der Waals surface area contributed by atoms with E-state index in [0.29, 0.717) is 10.2 Å². The van der Waals surface area contributed by atoms with Crippen molar-refractivity contribution in [3.05, 3.63) is 33.1 Å². The topological polar surface area (TPSA) is 55.7 Å². The number of ether oxygens (including phenoxy) is 1. The molecule has 0 spiro atoms. The Hall–Kier alpha value is -1.23. The Labute approximate surface area is 101 Å². The maximum Gasteiger partial charge on any atom is 0.316 e. The van der Waals surface area contributed by atoms with Gasteiger partial charge in [0, 0.05) is 15.2 Å². The van der Waals surface area contributed by atoms with Crippen molar-refractivity contribution in [2.75, 3.05) is 0 Å². The second-order valence-corrected chi connectivity index (χ2v) is 4.66. The molecule has 16 heavy (non-hydrogen) atoms. The van der Waals surface area contributed by atoms with Crippen molar-refractivity contribution in [2.45, 2.75) is 25.4 Å². The van der Waals surface area contributed by atoms with Gasteiger partial charge in [-0.2, -0.15) is 0 Å². The number of benzene rings is 1. The summed E-state index contributed by atoms with van der Waals surface area (Å²) in [5, 5.41) is 2.39. The first kappa shape index (κ1) is 11.3. The van der Waals surface area contributed by atoms with Gasteiger partial charge in [-0.25, -0.2) is 0 Å². The first-order valence-electron chi connectivity index (χ1n) is 5.04. The molecule has 0 unspecified atom stereocenters. The summed E-state index contributed by atoms with van der Waals surface area (Å²) in [5.74, 6) is -0.175. The third-order valence-corrected chi connectivity index (χ3v) is 3.01. The van der Waals surface area contributed by atoms with Crippen molar-refractivity contribution in [2.24, 2.45) is 5.18 Å². The van der Waals surface area contributed by atoms with E-state index in [0.717, 1.165) is 12.8 Å². The third kappa shape index (κ3) is 2.47. The largest absolute Gasteiger partial charge is 0.490 e. The van der Waals surface area contributed by atoms with Gasteiger partial charge in [-0.3, -0.25) is 4.79 Å². The van der Waals surface area contributed by atoms with E-state index in [-0.39, 0.29) is 11.7 Å². The van der Waals surface area contributed by atoms with Crippen LogP contribution in [0.25, 0.3) is 0 Å². The van der Waals surface area contributed by atoms with Gasteiger partial charge in [0.2, 0.25) is 0 Å². The first-order chi connectivity index (χ1) is 7.69. The van der Waals surface area contributed by atoms with Crippen LogP contribution in [0.1, 0.15) is 29.6 Å². The van der Waals surface area contributed by atoms with E-state index in [2.05, 4.69) is 21.1 Å². The van der Waals surface area contributed by atoms with Crippen LogP contribution in [0.4, 0.5) is 0 Å². The Kier molecular flexibility index (Phi) is 3.33. The fraction of sp³-hybridized carbons (Fsp3) is 0.364. The molecule has 1 aromatic rings. The Bertz CT molecular complexity index is 429. The van der Waals surface area contributed by atoms with Crippen molar-refractivity contribution in [3.63, 3.8) is 0 Å². The van der Waals surface area contributed by atoms with Crippen LogP contribution in [-0.2, 0) is 0 Å². The van der Waals surface area contributed by atoms with Crippen molar-refractivity contribution in [1.29, 1.82) is 0 Å². The van der Waals surface area contributed by atoms with Crippen LogP contribution in [-0.4, -0.2) is 12.0 Å². The zero-order valence-corrected chi connectivity index (χ0v) is 10.1. The van der Waals surface area contributed by atoms with Crippen molar-refractivity contribution < 1.29 is 9.53 Å². The fourth-order valence-electron chi connectivity index (χ4n) is 1.49. The number of nitrogens with zero attached hydrogens (tertiary/aromatic N) is 1. The quantitative estimate of drug-likeness (QED) is 0.800. The molecule has 5 heteroatoms. The highest BCUT2D eigenvalue weighted by Gasteiger charge is 2.20. The standard InChI is InChI=1S/C11H10BrNO3/c12-8-4-7(11(14)13-15)5-10(6-8)16-9-2-1-3-9/h4-6,9H,1-3H2. The maximum absolute atomic E-state index is 11.1. The summed E-state index contributed by atoms with van der Waals surface area (Å²) >= 11 is 3.26. The highest BCUT2D eigenvalue weighted by Crippen LogP contribution is 2.28. The smallest absolute Gasteiger partial charge is 0.316 e. The summed E-state index contributed by atoms with van der Waals surface area (Å²) in [5.41, 5.74) is 0.249. The molecular formula is C11H10BrNO3. The number of nitroso groups, excluding NO2 is 1. The predicted octanol–water partition coefficient (Wildman–Crippen LogP) is 3.29. The lowest BCUT2D eigenvalue weighted by molar-refractivity contribution is 0.0997. The molecule has 4 nitrogen and oxygen atoms in total. The fourth-order valence-corrected chi connectivity index (χ4v) is 1.96. The van der Waals surface area contributed by atoms with Gasteiger partial charge >= 0.3 is 5.91 Å². The van der Waals surface area contributed by atoms with Crippen molar-refractivity contribution in [3.8, 4) is 5.75 Å². The van der Waals surface area contributed by atoms with Crippen LogP contribution >= 0.6 is 15.9 Å². The molecule has 0 aromatic heterocycles. The van der Waals surface area contributed by atoms with Gasteiger partial charge in [-0.15, -0.1) is 4.91 Å². The number of carbonyl (C=O) groups is 1. The lowest BCUT2D eigenvalue weighted by Gasteiger charge is -2.26. The molecule has 0 saturated heterocycles. The summed E-state index contributed by atoms with van der Waals surface area (Å²) in [6.07, 6.45) is 3.51. The van der Waals surface area contributed by atoms with Gasteiger partial charge in [0.1, 0.15) is 5.75 Å². The van der Waals surface area contributed by atoms with Gasteiger partial charge in [0.15, 0.2) is 0 Å². The maximum atomic E-state index is 11.1. The Balaban J connectivity index is 2.20. The molecular weight excluding hydrogens is 274 g/mol. The first-order valence-corrected chi connectivity index (χ1v) is 5.83. The van der Waals surface area contributed by atoms with E-state index in [1.54, 1.807) is 18.2 Å². The Morgan fingerprint density at radius 1 is 1.38 bits per heavy atom. The molecule has 0 heterocycles. The van der Waals surface area contributed by atoms with Crippen LogP contribution < -0.4 is 4.74 Å². The molecule has 0 N–H and O–H groups in total. The number of rotatable bonds is 3.